The van der Waals surface area contributed by atoms with Crippen molar-refractivity contribution in [2.45, 2.75) is 52.5 Å². The smallest absolute Gasteiger partial charge is 0.236 e. The van der Waals surface area contributed by atoms with Crippen molar-refractivity contribution in [2.75, 3.05) is 13.1 Å². The molecule has 1 atom stereocenters. The van der Waals surface area contributed by atoms with Gasteiger partial charge in [-0.25, -0.2) is 0 Å². The van der Waals surface area contributed by atoms with E-state index in [1.165, 1.54) is 25.7 Å². The quantitative estimate of drug-likeness (QED) is 0.674. The Morgan fingerprint density at radius 3 is 2.53 bits per heavy atom. The van der Waals surface area contributed by atoms with Crippen molar-refractivity contribution in [3.63, 3.8) is 0 Å². The van der Waals surface area contributed by atoms with Gasteiger partial charge in [-0.3, -0.25) is 4.79 Å². The Morgan fingerprint density at radius 2 is 2.07 bits per heavy atom. The lowest BCUT2D eigenvalue weighted by Crippen LogP contribution is -2.44. The summed E-state index contributed by atoms with van der Waals surface area (Å²) in [4.78, 5) is 11.5. The summed E-state index contributed by atoms with van der Waals surface area (Å²) in [5, 5.41) is 6.18. The van der Waals surface area contributed by atoms with Gasteiger partial charge in [0, 0.05) is 13.1 Å². The number of carbonyl (C=O) groups excluding carboxylic acids is 1. The first-order valence-electron chi connectivity index (χ1n) is 6.14. The molecular weight excluding hydrogens is 188 g/mol. The molecule has 0 aromatic heterocycles. The molecule has 1 rings (SSSR count). The average Bonchev–Trinajstić information content (AvgIpc) is 2.96. The third-order valence-corrected chi connectivity index (χ3v) is 3.26. The lowest BCUT2D eigenvalue weighted by molar-refractivity contribution is -0.122. The monoisotopic (exact) mass is 212 g/mol. The molecule has 1 saturated carbocycles. The second kappa shape index (κ2) is 5.50. The van der Waals surface area contributed by atoms with Gasteiger partial charge in [0.25, 0.3) is 0 Å². The van der Waals surface area contributed by atoms with Crippen molar-refractivity contribution in [1.29, 1.82) is 0 Å². The first-order chi connectivity index (χ1) is 7.13. The molecule has 0 heterocycles. The second-order valence-electron chi connectivity index (χ2n) is 4.75. The highest BCUT2D eigenvalue weighted by molar-refractivity contribution is 5.81. The molecule has 0 radical (unpaired) electrons. The molecule has 1 aliphatic rings. The molecule has 0 saturated heterocycles. The van der Waals surface area contributed by atoms with E-state index in [0.717, 1.165) is 6.54 Å². The Labute approximate surface area is 93.0 Å². The fourth-order valence-electron chi connectivity index (χ4n) is 2.01. The summed E-state index contributed by atoms with van der Waals surface area (Å²) in [6, 6.07) is -0.0562. The minimum Gasteiger partial charge on any atom is -0.355 e. The van der Waals surface area contributed by atoms with Crippen LogP contribution in [0.15, 0.2) is 0 Å². The maximum absolute atomic E-state index is 11.5. The number of likely N-dealkylation sites (N-methyl/N-ethyl adjacent to an activating group) is 1. The van der Waals surface area contributed by atoms with Gasteiger partial charge in [0.1, 0.15) is 0 Å². The predicted molar refractivity (Wildman–Crippen MR) is 62.7 cm³/mol. The summed E-state index contributed by atoms with van der Waals surface area (Å²) >= 11 is 0. The fraction of sp³-hybridized carbons (Fsp3) is 0.917. The molecule has 0 bridgehead atoms. The molecule has 1 amide bonds. The van der Waals surface area contributed by atoms with Crippen LogP contribution in [0, 0.1) is 5.41 Å². The second-order valence-corrected chi connectivity index (χ2v) is 4.75. The highest BCUT2D eigenvalue weighted by Crippen LogP contribution is 2.48. The molecule has 2 N–H and O–H groups in total. The van der Waals surface area contributed by atoms with Crippen LogP contribution in [0.4, 0.5) is 0 Å². The van der Waals surface area contributed by atoms with Crippen LogP contribution < -0.4 is 10.6 Å². The number of hydrogen-bond donors (Lipinski definition) is 2. The highest BCUT2D eigenvalue weighted by atomic mass is 16.2. The third-order valence-electron chi connectivity index (χ3n) is 3.26. The Kier molecular flexibility index (Phi) is 4.58. The van der Waals surface area contributed by atoms with Crippen molar-refractivity contribution in [2.24, 2.45) is 5.41 Å². The molecule has 1 aliphatic carbocycles. The van der Waals surface area contributed by atoms with Gasteiger partial charge in [0.15, 0.2) is 0 Å². The van der Waals surface area contributed by atoms with Crippen molar-refractivity contribution < 1.29 is 4.79 Å². The zero-order valence-electron chi connectivity index (χ0n) is 10.2. The Bertz CT molecular complexity index is 212. The summed E-state index contributed by atoms with van der Waals surface area (Å²) in [5.74, 6) is 0.116. The Hall–Kier alpha value is -0.570. The summed E-state index contributed by atoms with van der Waals surface area (Å²) in [7, 11) is 0. The lowest BCUT2D eigenvalue weighted by atomic mass is 10.0. The van der Waals surface area contributed by atoms with Gasteiger partial charge in [0.05, 0.1) is 6.04 Å². The maximum atomic E-state index is 11.5. The van der Waals surface area contributed by atoms with Gasteiger partial charge in [0.2, 0.25) is 5.91 Å². The van der Waals surface area contributed by atoms with E-state index in [-0.39, 0.29) is 11.9 Å². The van der Waals surface area contributed by atoms with Crippen LogP contribution in [0.5, 0.6) is 0 Å². The zero-order valence-corrected chi connectivity index (χ0v) is 10.2. The summed E-state index contributed by atoms with van der Waals surface area (Å²) in [5.41, 5.74) is 0.523. The van der Waals surface area contributed by atoms with E-state index in [0.29, 0.717) is 12.0 Å². The molecule has 0 spiro atoms. The molecule has 1 fully saturated rings. The van der Waals surface area contributed by atoms with Gasteiger partial charge >= 0.3 is 0 Å². The highest BCUT2D eigenvalue weighted by Gasteiger charge is 2.41. The maximum Gasteiger partial charge on any atom is 0.236 e. The molecule has 0 aromatic rings. The van der Waals surface area contributed by atoms with Crippen molar-refractivity contribution in [3.8, 4) is 0 Å². The van der Waals surface area contributed by atoms with Crippen LogP contribution in [-0.2, 0) is 4.79 Å². The Balaban J connectivity index is 2.21. The van der Waals surface area contributed by atoms with Gasteiger partial charge in [-0.15, -0.1) is 0 Å². The van der Waals surface area contributed by atoms with E-state index < -0.39 is 0 Å². The van der Waals surface area contributed by atoms with Crippen LogP contribution in [-0.4, -0.2) is 25.0 Å². The molecule has 1 unspecified atom stereocenters. The predicted octanol–water partition coefficient (Wildman–Crippen LogP) is 1.68. The van der Waals surface area contributed by atoms with E-state index in [1.807, 2.05) is 13.8 Å². The topological polar surface area (TPSA) is 41.1 Å². The molecule has 0 aromatic carbocycles. The van der Waals surface area contributed by atoms with E-state index in [2.05, 4.69) is 17.6 Å². The van der Waals surface area contributed by atoms with Gasteiger partial charge < -0.3 is 10.6 Å². The summed E-state index contributed by atoms with van der Waals surface area (Å²) in [6.07, 6.45) is 5.20. The number of rotatable bonds is 7. The fourth-order valence-corrected chi connectivity index (χ4v) is 2.01. The van der Waals surface area contributed by atoms with E-state index >= 15 is 0 Å². The van der Waals surface area contributed by atoms with E-state index in [1.54, 1.807) is 0 Å². The number of carbonyl (C=O) groups is 1. The molecule has 0 aliphatic heterocycles. The van der Waals surface area contributed by atoms with Gasteiger partial charge in [-0.1, -0.05) is 13.3 Å². The zero-order chi connectivity index (χ0) is 11.3. The van der Waals surface area contributed by atoms with Crippen LogP contribution in [0.1, 0.15) is 46.5 Å². The Morgan fingerprint density at radius 1 is 1.40 bits per heavy atom. The molecule has 15 heavy (non-hydrogen) atoms. The minimum absolute atomic E-state index is 0.0562. The first kappa shape index (κ1) is 12.5. The molecular formula is C12H24N2O. The van der Waals surface area contributed by atoms with Crippen molar-refractivity contribution >= 4 is 5.91 Å². The molecule has 3 nitrogen and oxygen atoms in total. The van der Waals surface area contributed by atoms with Crippen LogP contribution in [0.3, 0.4) is 0 Å². The average molecular weight is 212 g/mol. The third kappa shape index (κ3) is 3.82. The van der Waals surface area contributed by atoms with Crippen LogP contribution in [0.25, 0.3) is 0 Å². The van der Waals surface area contributed by atoms with Crippen LogP contribution in [0.2, 0.25) is 0 Å². The molecule has 88 valence electrons. The molecule has 3 heteroatoms. The lowest BCUT2D eigenvalue weighted by Gasteiger charge is -2.19. The van der Waals surface area contributed by atoms with Crippen LogP contribution >= 0.6 is 0 Å². The van der Waals surface area contributed by atoms with E-state index in [4.69, 9.17) is 0 Å². The standard InChI is InChI=1S/C12H24N2O/c1-4-6-12(7-8-12)9-14-10(3)11(15)13-5-2/h10,14H,4-9H2,1-3H3,(H,13,15). The van der Waals surface area contributed by atoms with E-state index in [9.17, 15) is 4.79 Å². The summed E-state index contributed by atoms with van der Waals surface area (Å²) in [6.45, 7) is 7.83. The van der Waals surface area contributed by atoms with Crippen molar-refractivity contribution in [3.05, 3.63) is 0 Å². The number of hydrogen-bond acceptors (Lipinski definition) is 2. The number of nitrogens with one attached hydrogen (secondary N) is 2. The SMILES string of the molecule is CCCC1(CNC(C)C(=O)NCC)CC1. The van der Waals surface area contributed by atoms with Gasteiger partial charge in [-0.2, -0.15) is 0 Å². The number of amides is 1. The first-order valence-corrected chi connectivity index (χ1v) is 6.14. The summed E-state index contributed by atoms with van der Waals surface area (Å²) < 4.78 is 0. The largest absolute Gasteiger partial charge is 0.355 e. The normalized spacial score (nSPS) is 19.7. The van der Waals surface area contributed by atoms with Gasteiger partial charge in [-0.05, 0) is 38.5 Å². The van der Waals surface area contributed by atoms with Crippen molar-refractivity contribution in [1.82, 2.24) is 10.6 Å². The minimum atomic E-state index is -0.0562.